The van der Waals surface area contributed by atoms with E-state index in [1.807, 2.05) is 61.5 Å². The average molecular weight is 545 g/mol. The number of likely N-dealkylation sites (tertiary alicyclic amines) is 1. The van der Waals surface area contributed by atoms with Crippen LogP contribution in [0.1, 0.15) is 87.6 Å². The van der Waals surface area contributed by atoms with Gasteiger partial charge in [0.05, 0.1) is 5.54 Å². The highest BCUT2D eigenvalue weighted by Gasteiger charge is 2.59. The van der Waals surface area contributed by atoms with Crippen LogP contribution < -0.4 is 15.0 Å². The lowest BCUT2D eigenvalue weighted by molar-refractivity contribution is 0.0252. The molecule has 0 aromatic carbocycles. The van der Waals surface area contributed by atoms with Gasteiger partial charge in [0.2, 0.25) is 5.88 Å². The zero-order chi connectivity index (χ0) is 29.0. The van der Waals surface area contributed by atoms with E-state index in [2.05, 4.69) is 30.1 Å². The van der Waals surface area contributed by atoms with Crippen molar-refractivity contribution in [3.8, 4) is 5.88 Å². The molecule has 9 nitrogen and oxygen atoms in total. The predicted molar refractivity (Wildman–Crippen MR) is 151 cm³/mol. The first-order valence-corrected chi connectivity index (χ1v) is 14.3. The fourth-order valence-electron chi connectivity index (χ4n) is 5.31. The summed E-state index contributed by atoms with van der Waals surface area (Å²) in [4.78, 5) is 34.1. The lowest BCUT2D eigenvalue weighted by Gasteiger charge is -2.38. The van der Waals surface area contributed by atoms with Crippen LogP contribution in [0.15, 0.2) is 12.1 Å². The summed E-state index contributed by atoms with van der Waals surface area (Å²) < 4.78 is 17.5. The summed E-state index contributed by atoms with van der Waals surface area (Å²) in [6.07, 6.45) is 1.46. The van der Waals surface area contributed by atoms with E-state index in [9.17, 15) is 9.59 Å². The lowest BCUT2D eigenvalue weighted by atomic mass is 9.82. The van der Waals surface area contributed by atoms with Gasteiger partial charge in [0, 0.05) is 44.1 Å². The Morgan fingerprint density at radius 3 is 2.03 bits per heavy atom. The molecule has 3 fully saturated rings. The van der Waals surface area contributed by atoms with Crippen molar-refractivity contribution in [1.29, 1.82) is 0 Å². The van der Waals surface area contributed by atoms with Crippen LogP contribution in [0.2, 0.25) is 0 Å². The van der Waals surface area contributed by atoms with E-state index in [1.54, 1.807) is 4.90 Å². The Balaban J connectivity index is 1.50. The number of aromatic nitrogens is 1. The topological polar surface area (TPSA) is 93.2 Å². The number of nitrogens with zero attached hydrogens (tertiary/aromatic N) is 3. The number of carbonyl (C=O) groups is 2. The highest BCUT2D eigenvalue weighted by Crippen LogP contribution is 2.48. The molecule has 2 aliphatic heterocycles. The van der Waals surface area contributed by atoms with Gasteiger partial charge in [0.1, 0.15) is 23.1 Å². The molecular formula is C30H48N4O5. The first kappa shape index (κ1) is 29.3. The molecule has 0 unspecified atom stereocenters. The standard InChI is InChI=1S/C30H48N4O5/c1-27(2,3)38-25(35)32-30(9,10)19-15-22(33-13-11-29(7,8)12-14-33)31-23(16-19)37-24-20-17-34(18-21(20)24)26(36)39-28(4,5)6/h15-16,20-21,24H,11-14,17-18H2,1-10H3,(H,32,35)/t20-,21+,24+. The molecule has 218 valence electrons. The minimum atomic E-state index is -0.708. The molecule has 1 N–H and O–H groups in total. The van der Waals surface area contributed by atoms with Crippen molar-refractivity contribution in [2.24, 2.45) is 17.3 Å². The van der Waals surface area contributed by atoms with Crippen LogP contribution in [0.25, 0.3) is 0 Å². The van der Waals surface area contributed by atoms with Gasteiger partial charge in [-0.05, 0) is 85.3 Å². The molecule has 1 aromatic rings. The fraction of sp³-hybridized carbons (Fsp3) is 0.767. The summed E-state index contributed by atoms with van der Waals surface area (Å²) in [6.45, 7) is 22.8. The van der Waals surface area contributed by atoms with Gasteiger partial charge in [-0.15, -0.1) is 0 Å². The molecule has 3 aliphatic rings. The third-order valence-electron chi connectivity index (χ3n) is 7.79. The number of hydrogen-bond donors (Lipinski definition) is 1. The number of pyridine rings is 1. The van der Waals surface area contributed by atoms with Gasteiger partial charge >= 0.3 is 12.2 Å². The highest BCUT2D eigenvalue weighted by molar-refractivity contribution is 5.69. The molecule has 1 aromatic heterocycles. The molecule has 0 spiro atoms. The number of fused-ring (bicyclic) bond motifs is 1. The molecule has 1 aliphatic carbocycles. The van der Waals surface area contributed by atoms with E-state index in [0.717, 1.165) is 37.3 Å². The van der Waals surface area contributed by atoms with E-state index < -0.39 is 22.8 Å². The van der Waals surface area contributed by atoms with E-state index in [0.29, 0.717) is 24.4 Å². The molecular weight excluding hydrogens is 496 g/mol. The third-order valence-corrected chi connectivity index (χ3v) is 7.79. The molecule has 3 heterocycles. The smallest absolute Gasteiger partial charge is 0.410 e. The summed E-state index contributed by atoms with van der Waals surface area (Å²) in [6, 6.07) is 3.98. The van der Waals surface area contributed by atoms with Crippen molar-refractivity contribution in [1.82, 2.24) is 15.2 Å². The SMILES string of the molecule is CC1(C)CCN(c2cc(C(C)(C)NC(=O)OC(C)(C)C)cc(O[C@H]3[C@@H]4CN(C(=O)OC(C)(C)C)C[C@@H]43)n2)CC1. The lowest BCUT2D eigenvalue weighted by Crippen LogP contribution is -2.44. The van der Waals surface area contributed by atoms with Crippen LogP contribution in [0.4, 0.5) is 15.4 Å². The van der Waals surface area contributed by atoms with Crippen LogP contribution in [-0.4, -0.2) is 65.6 Å². The quantitative estimate of drug-likeness (QED) is 0.507. The van der Waals surface area contributed by atoms with Gasteiger partial charge in [0.25, 0.3) is 0 Å². The highest BCUT2D eigenvalue weighted by atomic mass is 16.6. The second-order valence-electron chi connectivity index (χ2n) is 14.8. The summed E-state index contributed by atoms with van der Waals surface area (Å²) in [5, 5.41) is 3.02. The molecule has 9 heteroatoms. The maximum Gasteiger partial charge on any atom is 0.410 e. The third kappa shape index (κ3) is 7.48. The van der Waals surface area contributed by atoms with Crippen molar-refractivity contribution < 1.29 is 23.8 Å². The van der Waals surface area contributed by atoms with E-state index in [1.165, 1.54) is 0 Å². The summed E-state index contributed by atoms with van der Waals surface area (Å²) in [7, 11) is 0. The van der Waals surface area contributed by atoms with Gasteiger partial charge in [-0.3, -0.25) is 0 Å². The molecule has 2 amide bonds. The number of anilines is 1. The largest absolute Gasteiger partial charge is 0.474 e. The Labute approximate surface area is 233 Å². The number of nitrogens with one attached hydrogen (secondary N) is 1. The van der Waals surface area contributed by atoms with Crippen LogP contribution >= 0.6 is 0 Å². The van der Waals surface area contributed by atoms with E-state index in [-0.39, 0.29) is 24.0 Å². The molecule has 2 saturated heterocycles. The van der Waals surface area contributed by atoms with Crippen molar-refractivity contribution in [2.45, 2.75) is 105 Å². The van der Waals surface area contributed by atoms with Gasteiger partial charge in [-0.1, -0.05) is 13.8 Å². The van der Waals surface area contributed by atoms with Crippen molar-refractivity contribution >= 4 is 18.0 Å². The van der Waals surface area contributed by atoms with Gasteiger partial charge in [0.15, 0.2) is 0 Å². The minimum Gasteiger partial charge on any atom is -0.474 e. The van der Waals surface area contributed by atoms with Crippen LogP contribution in [0.5, 0.6) is 5.88 Å². The van der Waals surface area contributed by atoms with E-state index >= 15 is 0 Å². The summed E-state index contributed by atoms with van der Waals surface area (Å²) >= 11 is 0. The fourth-order valence-corrected chi connectivity index (χ4v) is 5.31. The molecule has 1 saturated carbocycles. The number of alkyl carbamates (subject to hydrolysis) is 1. The Bertz CT molecular complexity index is 1070. The van der Waals surface area contributed by atoms with Crippen molar-refractivity contribution in [3.05, 3.63) is 17.7 Å². The van der Waals surface area contributed by atoms with Crippen LogP contribution in [0.3, 0.4) is 0 Å². The number of hydrogen-bond acceptors (Lipinski definition) is 7. The number of ether oxygens (including phenoxy) is 3. The number of piperidine rings is 2. The van der Waals surface area contributed by atoms with Crippen LogP contribution in [-0.2, 0) is 15.0 Å². The van der Waals surface area contributed by atoms with E-state index in [4.69, 9.17) is 19.2 Å². The summed E-state index contributed by atoms with van der Waals surface area (Å²) in [5.74, 6) is 1.96. The predicted octanol–water partition coefficient (Wildman–Crippen LogP) is 5.71. The van der Waals surface area contributed by atoms with Gasteiger partial charge in [-0.25, -0.2) is 9.59 Å². The molecule has 3 atom stereocenters. The second-order valence-corrected chi connectivity index (χ2v) is 14.8. The van der Waals surface area contributed by atoms with Gasteiger partial charge in [-0.2, -0.15) is 4.98 Å². The first-order valence-electron chi connectivity index (χ1n) is 14.3. The van der Waals surface area contributed by atoms with Gasteiger partial charge < -0.3 is 29.3 Å². The summed E-state index contributed by atoms with van der Waals surface area (Å²) in [5.41, 5.74) is -0.588. The monoisotopic (exact) mass is 544 g/mol. The number of rotatable bonds is 5. The maximum atomic E-state index is 12.7. The zero-order valence-electron chi connectivity index (χ0n) is 25.5. The normalized spacial score (nSPS) is 24.6. The zero-order valence-corrected chi connectivity index (χ0v) is 25.5. The molecule has 39 heavy (non-hydrogen) atoms. The second kappa shape index (κ2) is 10.0. The van der Waals surface area contributed by atoms with Crippen molar-refractivity contribution in [3.63, 3.8) is 0 Å². The molecule has 0 radical (unpaired) electrons. The Hall–Kier alpha value is -2.71. The average Bonchev–Trinajstić information content (AvgIpc) is 3.18. The maximum absolute atomic E-state index is 12.7. The number of amides is 2. The Morgan fingerprint density at radius 1 is 0.923 bits per heavy atom. The Kier molecular flexibility index (Phi) is 7.54. The Morgan fingerprint density at radius 2 is 1.49 bits per heavy atom. The molecule has 0 bridgehead atoms. The van der Waals surface area contributed by atoms with Crippen molar-refractivity contribution in [2.75, 3.05) is 31.1 Å². The molecule has 4 rings (SSSR count). The van der Waals surface area contributed by atoms with Crippen LogP contribution in [0, 0.1) is 17.3 Å². The minimum absolute atomic E-state index is 0.0153. The number of carbonyl (C=O) groups excluding carboxylic acids is 2. The first-order chi connectivity index (χ1) is 17.8.